The van der Waals surface area contributed by atoms with E-state index >= 15 is 0 Å². The predicted octanol–water partition coefficient (Wildman–Crippen LogP) is 2.14. The molecular formula is C13H15NO3. The van der Waals surface area contributed by atoms with E-state index in [4.69, 9.17) is 15.1 Å². The molecule has 0 aliphatic rings. The number of rotatable bonds is 4. The summed E-state index contributed by atoms with van der Waals surface area (Å²) >= 11 is 0. The molecule has 1 aromatic rings. The first kappa shape index (κ1) is 13.0. The monoisotopic (exact) mass is 233 g/mol. The zero-order valence-electron chi connectivity index (χ0n) is 10.2. The number of hydrogen-bond donors (Lipinski definition) is 1. The quantitative estimate of drug-likeness (QED) is 0.864. The summed E-state index contributed by atoms with van der Waals surface area (Å²) in [7, 11) is 1.52. The van der Waals surface area contributed by atoms with Crippen molar-refractivity contribution in [3.05, 3.63) is 28.8 Å². The van der Waals surface area contributed by atoms with Crippen molar-refractivity contribution in [3.63, 3.8) is 0 Å². The van der Waals surface area contributed by atoms with E-state index < -0.39 is 11.9 Å². The lowest BCUT2D eigenvalue weighted by Crippen LogP contribution is -2.12. The summed E-state index contributed by atoms with van der Waals surface area (Å²) in [5, 5.41) is 17.8. The van der Waals surface area contributed by atoms with E-state index in [0.29, 0.717) is 17.7 Å². The molecule has 0 aliphatic heterocycles. The van der Waals surface area contributed by atoms with Crippen molar-refractivity contribution >= 4 is 5.97 Å². The van der Waals surface area contributed by atoms with E-state index in [2.05, 4.69) is 6.07 Å². The third-order valence-corrected chi connectivity index (χ3v) is 2.62. The van der Waals surface area contributed by atoms with Crippen LogP contribution in [0.15, 0.2) is 12.1 Å². The van der Waals surface area contributed by atoms with Crippen molar-refractivity contribution < 1.29 is 14.6 Å². The molecule has 1 N–H and O–H groups in total. The van der Waals surface area contributed by atoms with Gasteiger partial charge in [-0.25, -0.2) is 0 Å². The molecule has 1 aromatic carbocycles. The average Bonchev–Trinajstić information content (AvgIpc) is 2.27. The highest BCUT2D eigenvalue weighted by molar-refractivity contribution is 5.70. The standard InChI is InChI=1S/C13H15NO3/c1-8-4-10(5-9(2)13(15)16)6-11(7-14)12(8)17-3/h4,6,9H,5H2,1-3H3,(H,15,16). The van der Waals surface area contributed by atoms with Crippen LogP contribution in [0, 0.1) is 24.2 Å². The van der Waals surface area contributed by atoms with Gasteiger partial charge in [0.1, 0.15) is 11.8 Å². The number of benzene rings is 1. The Morgan fingerprint density at radius 1 is 1.59 bits per heavy atom. The van der Waals surface area contributed by atoms with Gasteiger partial charge in [0, 0.05) is 0 Å². The van der Waals surface area contributed by atoms with Crippen LogP contribution in [0.5, 0.6) is 5.75 Å². The Morgan fingerprint density at radius 2 is 2.24 bits per heavy atom. The van der Waals surface area contributed by atoms with Crippen molar-refractivity contribution in [1.82, 2.24) is 0 Å². The topological polar surface area (TPSA) is 70.3 Å². The molecule has 1 rings (SSSR count). The van der Waals surface area contributed by atoms with Gasteiger partial charge in [-0.2, -0.15) is 5.26 Å². The van der Waals surface area contributed by atoms with Crippen LogP contribution in [-0.4, -0.2) is 18.2 Å². The lowest BCUT2D eigenvalue weighted by atomic mass is 9.97. The van der Waals surface area contributed by atoms with Gasteiger partial charge in [-0.05, 0) is 30.5 Å². The number of nitrogens with zero attached hydrogens (tertiary/aromatic N) is 1. The molecule has 4 nitrogen and oxygen atoms in total. The molecular weight excluding hydrogens is 218 g/mol. The van der Waals surface area contributed by atoms with Gasteiger partial charge in [-0.15, -0.1) is 0 Å². The Hall–Kier alpha value is -2.02. The molecule has 4 heteroatoms. The minimum Gasteiger partial charge on any atom is -0.495 e. The summed E-state index contributed by atoms with van der Waals surface area (Å²) in [6.07, 6.45) is 0.412. The highest BCUT2D eigenvalue weighted by Gasteiger charge is 2.14. The first-order valence-electron chi connectivity index (χ1n) is 5.30. The van der Waals surface area contributed by atoms with Crippen LogP contribution in [0.4, 0.5) is 0 Å². The number of nitriles is 1. The number of aryl methyl sites for hydroxylation is 1. The minimum atomic E-state index is -0.836. The van der Waals surface area contributed by atoms with Gasteiger partial charge in [0.05, 0.1) is 18.6 Å². The number of ether oxygens (including phenoxy) is 1. The fourth-order valence-corrected chi connectivity index (χ4v) is 1.76. The normalized spacial score (nSPS) is 11.6. The zero-order chi connectivity index (χ0) is 13.0. The Morgan fingerprint density at radius 3 is 2.71 bits per heavy atom. The van der Waals surface area contributed by atoms with Gasteiger partial charge < -0.3 is 9.84 Å². The lowest BCUT2D eigenvalue weighted by molar-refractivity contribution is -0.141. The van der Waals surface area contributed by atoms with Crippen molar-refractivity contribution in [2.24, 2.45) is 5.92 Å². The van der Waals surface area contributed by atoms with Crippen LogP contribution in [0.1, 0.15) is 23.6 Å². The van der Waals surface area contributed by atoms with Crippen molar-refractivity contribution in [2.75, 3.05) is 7.11 Å². The SMILES string of the molecule is COc1c(C)cc(CC(C)C(=O)O)cc1C#N. The molecule has 17 heavy (non-hydrogen) atoms. The smallest absolute Gasteiger partial charge is 0.306 e. The van der Waals surface area contributed by atoms with E-state index in [0.717, 1.165) is 11.1 Å². The summed E-state index contributed by atoms with van der Waals surface area (Å²) in [6, 6.07) is 5.60. The Balaban J connectivity index is 3.09. The highest BCUT2D eigenvalue weighted by atomic mass is 16.5. The predicted molar refractivity (Wildman–Crippen MR) is 62.9 cm³/mol. The van der Waals surface area contributed by atoms with E-state index in [9.17, 15) is 4.79 Å². The Bertz CT molecular complexity index is 474. The summed E-state index contributed by atoms with van der Waals surface area (Å²) < 4.78 is 5.14. The maximum Gasteiger partial charge on any atom is 0.306 e. The lowest BCUT2D eigenvalue weighted by Gasteiger charge is -2.11. The Labute approximate surface area is 100 Å². The van der Waals surface area contributed by atoms with Crippen molar-refractivity contribution in [1.29, 1.82) is 5.26 Å². The first-order chi connectivity index (χ1) is 7.99. The summed E-state index contributed by atoms with van der Waals surface area (Å²) in [5.74, 6) is -0.745. The number of hydrogen-bond acceptors (Lipinski definition) is 3. The maximum atomic E-state index is 10.8. The molecule has 0 amide bonds. The second-order valence-corrected chi connectivity index (χ2v) is 4.05. The third-order valence-electron chi connectivity index (χ3n) is 2.62. The molecule has 0 saturated heterocycles. The summed E-state index contributed by atoms with van der Waals surface area (Å²) in [6.45, 7) is 3.49. The largest absolute Gasteiger partial charge is 0.495 e. The molecule has 0 aliphatic carbocycles. The van der Waals surface area contributed by atoms with Gasteiger partial charge in [-0.1, -0.05) is 13.0 Å². The van der Waals surface area contributed by atoms with Gasteiger partial charge >= 0.3 is 5.97 Å². The fourth-order valence-electron chi connectivity index (χ4n) is 1.76. The van der Waals surface area contributed by atoms with E-state index in [1.165, 1.54) is 7.11 Å². The Kier molecular flexibility index (Phi) is 4.11. The molecule has 0 saturated carbocycles. The molecule has 0 bridgehead atoms. The van der Waals surface area contributed by atoms with E-state index in [-0.39, 0.29) is 0 Å². The van der Waals surface area contributed by atoms with Crippen LogP contribution in [-0.2, 0) is 11.2 Å². The van der Waals surface area contributed by atoms with Gasteiger partial charge in [0.25, 0.3) is 0 Å². The molecule has 90 valence electrons. The number of carboxylic acids is 1. The second-order valence-electron chi connectivity index (χ2n) is 4.05. The second kappa shape index (κ2) is 5.35. The van der Waals surface area contributed by atoms with Gasteiger partial charge in [0.15, 0.2) is 0 Å². The van der Waals surface area contributed by atoms with Crippen LogP contribution < -0.4 is 4.74 Å². The minimum absolute atomic E-state index is 0.412. The van der Waals surface area contributed by atoms with Crippen molar-refractivity contribution in [2.45, 2.75) is 20.3 Å². The van der Waals surface area contributed by atoms with Crippen LogP contribution in [0.3, 0.4) is 0 Å². The van der Waals surface area contributed by atoms with Crippen LogP contribution in [0.2, 0.25) is 0 Å². The van der Waals surface area contributed by atoms with E-state index in [1.54, 1.807) is 13.0 Å². The van der Waals surface area contributed by atoms with Crippen LogP contribution in [0.25, 0.3) is 0 Å². The molecule has 0 fully saturated rings. The van der Waals surface area contributed by atoms with E-state index in [1.807, 2.05) is 13.0 Å². The number of carboxylic acid groups (broad SMARTS) is 1. The molecule has 1 unspecified atom stereocenters. The third kappa shape index (κ3) is 2.97. The zero-order valence-corrected chi connectivity index (χ0v) is 10.2. The fraction of sp³-hybridized carbons (Fsp3) is 0.385. The molecule has 0 aromatic heterocycles. The van der Waals surface area contributed by atoms with Crippen molar-refractivity contribution in [3.8, 4) is 11.8 Å². The number of carbonyl (C=O) groups is 1. The molecule has 1 atom stereocenters. The molecule has 0 spiro atoms. The number of aliphatic carboxylic acids is 1. The molecule has 0 heterocycles. The first-order valence-corrected chi connectivity index (χ1v) is 5.30. The molecule has 0 radical (unpaired) electrons. The summed E-state index contributed by atoms with van der Waals surface area (Å²) in [5.41, 5.74) is 2.13. The maximum absolute atomic E-state index is 10.8. The highest BCUT2D eigenvalue weighted by Crippen LogP contribution is 2.25. The average molecular weight is 233 g/mol. The van der Waals surface area contributed by atoms with Crippen LogP contribution >= 0.6 is 0 Å². The van der Waals surface area contributed by atoms with Gasteiger partial charge in [0.2, 0.25) is 0 Å². The van der Waals surface area contributed by atoms with Gasteiger partial charge in [-0.3, -0.25) is 4.79 Å². The summed E-state index contributed by atoms with van der Waals surface area (Å²) in [4.78, 5) is 10.8. The number of methoxy groups -OCH3 is 1.